The molecule has 1 aromatic carbocycles. The zero-order valence-corrected chi connectivity index (χ0v) is 24.9. The highest BCUT2D eigenvalue weighted by atomic mass is 19.1. The molecule has 1 amide bonds. The van der Waals surface area contributed by atoms with Gasteiger partial charge in [-0.2, -0.15) is 0 Å². The number of carbonyl (C=O) groups is 1. The predicted octanol–water partition coefficient (Wildman–Crippen LogP) is 8.50. The molecule has 5 heteroatoms. The minimum atomic E-state index is -0.252. The van der Waals surface area contributed by atoms with Gasteiger partial charge >= 0.3 is 0 Å². The van der Waals surface area contributed by atoms with E-state index in [9.17, 15) is 4.79 Å². The molecule has 2 atom stereocenters. The normalized spacial score (nSPS) is 24.4. The van der Waals surface area contributed by atoms with Gasteiger partial charge in [0.25, 0.3) is 0 Å². The average molecular weight is 552 g/mol. The van der Waals surface area contributed by atoms with Gasteiger partial charge in [0.05, 0.1) is 29.5 Å². The van der Waals surface area contributed by atoms with Crippen molar-refractivity contribution in [2.75, 3.05) is 0 Å². The summed E-state index contributed by atoms with van der Waals surface area (Å²) in [5, 5.41) is 4.63. The fraction of sp³-hybridized carbons (Fsp3) is 0.500. The van der Waals surface area contributed by atoms with E-state index in [1.165, 1.54) is 22.3 Å². The van der Waals surface area contributed by atoms with Gasteiger partial charge in [0.15, 0.2) is 0 Å². The molecule has 3 heterocycles. The first-order valence-electron chi connectivity index (χ1n) is 15.8. The number of fused-ring (bicyclic) bond motifs is 4. The molecule has 1 aromatic heterocycles. The van der Waals surface area contributed by atoms with Crippen molar-refractivity contribution < 1.29 is 9.18 Å². The summed E-state index contributed by atoms with van der Waals surface area (Å²) in [5.74, 6) is 0.342. The van der Waals surface area contributed by atoms with Gasteiger partial charge in [0.2, 0.25) is 5.91 Å². The van der Waals surface area contributed by atoms with Gasteiger partial charge in [0.1, 0.15) is 5.82 Å². The lowest BCUT2D eigenvalue weighted by Gasteiger charge is -2.37. The number of nitrogens with one attached hydrogen (secondary N) is 1. The van der Waals surface area contributed by atoms with Crippen LogP contribution in [0.1, 0.15) is 112 Å². The number of nitrogens with zero attached hydrogens (tertiary/aromatic N) is 2. The van der Waals surface area contributed by atoms with E-state index >= 15 is 4.39 Å². The maximum absolute atomic E-state index is 15.2. The molecule has 3 aliphatic carbocycles. The number of aryl methyl sites for hydroxylation is 1. The fourth-order valence-corrected chi connectivity index (χ4v) is 8.83. The number of aromatic nitrogens is 1. The minimum Gasteiger partial charge on any atom is -0.349 e. The summed E-state index contributed by atoms with van der Waals surface area (Å²) in [5.41, 5.74) is 11.5. The van der Waals surface area contributed by atoms with E-state index in [1.807, 2.05) is 6.92 Å². The number of rotatable bonds is 5. The molecule has 7 rings (SSSR count). The molecule has 0 radical (unpaired) electrons. The molecule has 0 saturated heterocycles. The summed E-state index contributed by atoms with van der Waals surface area (Å²) in [6.07, 6.45) is 13.0. The molecule has 2 aliphatic heterocycles. The Labute approximate surface area is 243 Å². The number of hydrogen-bond donors (Lipinski definition) is 1. The van der Waals surface area contributed by atoms with E-state index in [1.54, 1.807) is 6.07 Å². The number of allylic oxidation sites excluding steroid dienone is 4. The first-order valence-corrected chi connectivity index (χ1v) is 15.8. The van der Waals surface area contributed by atoms with E-state index in [2.05, 4.69) is 43.3 Å². The number of pyridine rings is 1. The Morgan fingerprint density at radius 1 is 1.17 bits per heavy atom. The van der Waals surface area contributed by atoms with Gasteiger partial charge in [-0.15, -0.1) is 0 Å². The molecular weight excluding hydrogens is 509 g/mol. The number of hydrogen-bond acceptors (Lipinski definition) is 3. The van der Waals surface area contributed by atoms with Crippen LogP contribution in [-0.4, -0.2) is 15.8 Å². The largest absolute Gasteiger partial charge is 0.349 e. The van der Waals surface area contributed by atoms with Crippen molar-refractivity contribution in [1.29, 1.82) is 0 Å². The van der Waals surface area contributed by atoms with E-state index in [0.717, 1.165) is 104 Å². The number of carbonyl (C=O) groups excluding carboxylic acids is 1. The Morgan fingerprint density at radius 3 is 2.68 bits per heavy atom. The fourth-order valence-electron chi connectivity index (χ4n) is 8.83. The van der Waals surface area contributed by atoms with E-state index < -0.39 is 0 Å². The van der Waals surface area contributed by atoms with Crippen LogP contribution in [0, 0.1) is 24.1 Å². The van der Waals surface area contributed by atoms with Crippen molar-refractivity contribution in [2.24, 2.45) is 11.3 Å². The molecule has 0 spiro atoms. The Morgan fingerprint density at radius 2 is 1.95 bits per heavy atom. The predicted molar refractivity (Wildman–Crippen MR) is 163 cm³/mol. The van der Waals surface area contributed by atoms with Gasteiger partial charge in [0, 0.05) is 34.0 Å². The Bertz CT molecular complexity index is 1590. The van der Waals surface area contributed by atoms with Crippen LogP contribution in [0.2, 0.25) is 0 Å². The number of amides is 1. The van der Waals surface area contributed by atoms with E-state index in [4.69, 9.17) is 4.98 Å². The Kier molecular flexibility index (Phi) is 6.29. The Hall–Kier alpha value is -3.21. The maximum atomic E-state index is 15.2. The van der Waals surface area contributed by atoms with Crippen LogP contribution in [0.25, 0.3) is 16.6 Å². The summed E-state index contributed by atoms with van der Waals surface area (Å²) in [7, 11) is 0. The SMILES string of the molecule is C=C1CCC2=C(C=C3c4nc5cc(F)c(C)c6c5c(c4CN3C2=C)C(NC(=O)C2(CCC)CCCC2)CC6)C1CC. The highest BCUT2D eigenvalue weighted by Crippen LogP contribution is 2.52. The summed E-state index contributed by atoms with van der Waals surface area (Å²) in [4.78, 5) is 21.5. The molecule has 5 aliphatic rings. The van der Waals surface area contributed by atoms with Crippen LogP contribution in [0.3, 0.4) is 0 Å². The lowest BCUT2D eigenvalue weighted by atomic mass is 9.75. The summed E-state index contributed by atoms with van der Waals surface area (Å²) in [6, 6.07) is 1.51. The van der Waals surface area contributed by atoms with Crippen LogP contribution in [0.4, 0.5) is 4.39 Å². The molecule has 0 bridgehead atoms. The number of benzene rings is 1. The number of halogens is 1. The van der Waals surface area contributed by atoms with Gasteiger partial charge in [-0.05, 0) is 92.2 Å². The van der Waals surface area contributed by atoms with E-state index in [0.29, 0.717) is 23.5 Å². The van der Waals surface area contributed by atoms with Crippen LogP contribution < -0.4 is 5.32 Å². The van der Waals surface area contributed by atoms with Crippen LogP contribution in [-0.2, 0) is 17.8 Å². The van der Waals surface area contributed by atoms with Gasteiger partial charge in [-0.3, -0.25) is 4.79 Å². The van der Waals surface area contributed by atoms with Crippen molar-refractivity contribution >= 4 is 22.5 Å². The van der Waals surface area contributed by atoms with Crippen LogP contribution in [0.15, 0.2) is 47.7 Å². The minimum absolute atomic E-state index is 0.102. The molecule has 1 saturated carbocycles. The topological polar surface area (TPSA) is 45.2 Å². The summed E-state index contributed by atoms with van der Waals surface area (Å²) < 4.78 is 15.2. The summed E-state index contributed by atoms with van der Waals surface area (Å²) >= 11 is 0. The van der Waals surface area contributed by atoms with Gasteiger partial charge in [-0.1, -0.05) is 51.8 Å². The molecule has 1 N–H and O–H groups in total. The van der Waals surface area contributed by atoms with Crippen molar-refractivity contribution in [3.8, 4) is 0 Å². The average Bonchev–Trinajstić information content (AvgIpc) is 3.58. The third-order valence-corrected chi connectivity index (χ3v) is 11.0. The maximum Gasteiger partial charge on any atom is 0.226 e. The molecule has 1 fully saturated rings. The van der Waals surface area contributed by atoms with E-state index in [-0.39, 0.29) is 23.2 Å². The van der Waals surface area contributed by atoms with Gasteiger partial charge < -0.3 is 10.2 Å². The van der Waals surface area contributed by atoms with Crippen molar-refractivity contribution in [3.63, 3.8) is 0 Å². The zero-order valence-electron chi connectivity index (χ0n) is 24.9. The first kappa shape index (κ1) is 26.7. The molecule has 214 valence electrons. The van der Waals surface area contributed by atoms with Gasteiger partial charge in [-0.25, -0.2) is 9.37 Å². The quantitative estimate of drug-likeness (QED) is 0.379. The van der Waals surface area contributed by atoms with Crippen molar-refractivity contribution in [3.05, 3.63) is 81.5 Å². The lowest BCUT2D eigenvalue weighted by molar-refractivity contribution is -0.132. The second-order valence-corrected chi connectivity index (χ2v) is 13.1. The highest BCUT2D eigenvalue weighted by molar-refractivity contribution is 5.94. The van der Waals surface area contributed by atoms with Crippen LogP contribution >= 0.6 is 0 Å². The molecule has 2 aromatic rings. The molecule has 2 unspecified atom stereocenters. The molecule has 41 heavy (non-hydrogen) atoms. The second-order valence-electron chi connectivity index (χ2n) is 13.1. The molecular formula is C36H42FN3O. The Balaban J connectivity index is 1.39. The standard InChI is InChI=1S/C36H42FN3O/c1-6-14-36(15-8-9-16-36)35(41)39-29-13-12-24-21(4)28(37)18-30-32(24)33(29)27-19-40-22(5)25-11-10-20(3)23(7-2)26(25)17-31(40)34(27)38-30/h17-18,23,29H,3,5-16,19H2,1-2,4H3,(H,39,41). The van der Waals surface area contributed by atoms with Crippen molar-refractivity contribution in [2.45, 2.75) is 104 Å². The lowest BCUT2D eigenvalue weighted by Crippen LogP contribution is -2.42. The first-order chi connectivity index (χ1) is 19.8. The summed E-state index contributed by atoms with van der Waals surface area (Å²) in [6.45, 7) is 16.0. The monoisotopic (exact) mass is 551 g/mol. The smallest absolute Gasteiger partial charge is 0.226 e. The highest BCUT2D eigenvalue weighted by Gasteiger charge is 2.44. The third kappa shape index (κ3) is 3.83. The molecule has 4 nitrogen and oxygen atoms in total. The zero-order chi connectivity index (χ0) is 28.6. The second kappa shape index (κ2) is 9.68. The van der Waals surface area contributed by atoms with Crippen LogP contribution in [0.5, 0.6) is 0 Å². The third-order valence-electron chi connectivity index (χ3n) is 11.0. The van der Waals surface area contributed by atoms with Crippen molar-refractivity contribution in [1.82, 2.24) is 15.2 Å².